The molecule has 1 aromatic carbocycles. The second-order valence-electron chi connectivity index (χ2n) is 7.75. The number of anilines is 2. The van der Waals surface area contributed by atoms with Gasteiger partial charge in [-0.25, -0.2) is 0 Å². The van der Waals surface area contributed by atoms with E-state index in [0.717, 1.165) is 29.9 Å². The van der Waals surface area contributed by atoms with E-state index in [1.807, 2.05) is 24.0 Å². The maximum Gasteiger partial charge on any atom is 0.227 e. The Morgan fingerprint density at radius 3 is 2.56 bits per heavy atom. The third kappa shape index (κ3) is 3.81. The quantitative estimate of drug-likeness (QED) is 0.783. The van der Waals surface area contributed by atoms with Gasteiger partial charge in [-0.3, -0.25) is 4.79 Å². The number of aryl methyl sites for hydroxylation is 1. The molecule has 0 atom stereocenters. The van der Waals surface area contributed by atoms with Crippen LogP contribution in [0.5, 0.6) is 0 Å². The van der Waals surface area contributed by atoms with Crippen LogP contribution in [-0.2, 0) is 4.79 Å². The number of hydrogen-bond acceptors (Lipinski definition) is 2. The first-order valence-corrected chi connectivity index (χ1v) is 9.82. The summed E-state index contributed by atoms with van der Waals surface area (Å²) in [5.41, 5.74) is 3.17. The van der Waals surface area contributed by atoms with Gasteiger partial charge in [0.05, 0.1) is 0 Å². The Balaban J connectivity index is 1.72. The normalized spacial score (nSPS) is 19.5. The van der Waals surface area contributed by atoms with E-state index in [2.05, 4.69) is 30.5 Å². The zero-order chi connectivity index (χ0) is 18.0. The number of carbonyl (C=O) groups is 1. The van der Waals surface area contributed by atoms with Crippen LogP contribution in [0.15, 0.2) is 18.2 Å². The van der Waals surface area contributed by atoms with Crippen LogP contribution in [0.25, 0.3) is 0 Å². The van der Waals surface area contributed by atoms with Gasteiger partial charge in [-0.2, -0.15) is 0 Å². The van der Waals surface area contributed by atoms with Gasteiger partial charge in [0.2, 0.25) is 5.91 Å². The van der Waals surface area contributed by atoms with Gasteiger partial charge >= 0.3 is 0 Å². The highest BCUT2D eigenvalue weighted by atomic mass is 32.1. The molecule has 0 bridgehead atoms. The molecule has 0 radical (unpaired) electrons. The molecule has 0 aromatic heterocycles. The summed E-state index contributed by atoms with van der Waals surface area (Å²) in [7, 11) is 0. The molecule has 1 aliphatic carbocycles. The van der Waals surface area contributed by atoms with E-state index in [0.29, 0.717) is 17.5 Å². The predicted molar refractivity (Wildman–Crippen MR) is 108 cm³/mol. The van der Waals surface area contributed by atoms with Crippen LogP contribution in [0.4, 0.5) is 11.4 Å². The summed E-state index contributed by atoms with van der Waals surface area (Å²) in [5, 5.41) is 7.61. The second kappa shape index (κ2) is 7.32. The SMILES string of the molecule is Cc1ccc(NC(=S)NC2(C(C)C)CCCC2)cc1N1CCCC1=O. The fourth-order valence-corrected chi connectivity index (χ4v) is 4.44. The molecule has 0 spiro atoms. The van der Waals surface area contributed by atoms with E-state index in [9.17, 15) is 4.79 Å². The fraction of sp³-hybridized carbons (Fsp3) is 0.600. The third-order valence-corrected chi connectivity index (χ3v) is 6.00. The summed E-state index contributed by atoms with van der Waals surface area (Å²) in [6, 6.07) is 6.13. The van der Waals surface area contributed by atoms with E-state index < -0.39 is 0 Å². The minimum Gasteiger partial charge on any atom is -0.357 e. The van der Waals surface area contributed by atoms with E-state index in [-0.39, 0.29) is 11.4 Å². The minimum atomic E-state index is 0.114. The Bertz CT molecular complexity index is 665. The molecule has 0 unspecified atom stereocenters. The summed E-state index contributed by atoms with van der Waals surface area (Å²) in [4.78, 5) is 14.0. The number of thiocarbonyl (C=S) groups is 1. The lowest BCUT2D eigenvalue weighted by atomic mass is 9.85. The summed E-state index contributed by atoms with van der Waals surface area (Å²) in [5.74, 6) is 0.760. The van der Waals surface area contributed by atoms with Crippen LogP contribution in [0.1, 0.15) is 57.9 Å². The summed E-state index contributed by atoms with van der Waals surface area (Å²) >= 11 is 5.60. The van der Waals surface area contributed by atoms with Gasteiger partial charge in [0.15, 0.2) is 5.11 Å². The molecular formula is C20H29N3OS. The number of carbonyl (C=O) groups excluding carboxylic acids is 1. The average molecular weight is 360 g/mol. The molecule has 2 N–H and O–H groups in total. The summed E-state index contributed by atoms with van der Waals surface area (Å²) in [6.07, 6.45) is 6.46. The maximum atomic E-state index is 12.1. The average Bonchev–Trinajstić information content (AvgIpc) is 3.19. The monoisotopic (exact) mass is 359 g/mol. The first-order valence-electron chi connectivity index (χ1n) is 9.41. The smallest absolute Gasteiger partial charge is 0.227 e. The van der Waals surface area contributed by atoms with Crippen molar-refractivity contribution in [3.63, 3.8) is 0 Å². The van der Waals surface area contributed by atoms with E-state index >= 15 is 0 Å². The Morgan fingerprint density at radius 1 is 1.24 bits per heavy atom. The van der Waals surface area contributed by atoms with Gasteiger partial charge < -0.3 is 15.5 Å². The number of hydrogen-bond donors (Lipinski definition) is 2. The summed E-state index contributed by atoms with van der Waals surface area (Å²) < 4.78 is 0. The van der Waals surface area contributed by atoms with Crippen molar-refractivity contribution in [2.45, 2.75) is 64.8 Å². The Morgan fingerprint density at radius 2 is 1.96 bits per heavy atom. The van der Waals surface area contributed by atoms with Crippen molar-refractivity contribution in [3.05, 3.63) is 23.8 Å². The van der Waals surface area contributed by atoms with Gasteiger partial charge in [-0.05, 0) is 62.0 Å². The number of amides is 1. The van der Waals surface area contributed by atoms with Gasteiger partial charge in [-0.15, -0.1) is 0 Å². The molecule has 5 heteroatoms. The van der Waals surface area contributed by atoms with Crippen LogP contribution in [0.2, 0.25) is 0 Å². The van der Waals surface area contributed by atoms with Crippen molar-refractivity contribution < 1.29 is 4.79 Å². The Hall–Kier alpha value is -1.62. The molecule has 1 amide bonds. The number of benzene rings is 1. The molecule has 1 aliphatic heterocycles. The molecule has 136 valence electrons. The zero-order valence-electron chi connectivity index (χ0n) is 15.5. The van der Waals surface area contributed by atoms with Crippen LogP contribution in [-0.4, -0.2) is 23.1 Å². The lowest BCUT2D eigenvalue weighted by molar-refractivity contribution is -0.117. The van der Waals surface area contributed by atoms with Crippen LogP contribution in [0, 0.1) is 12.8 Å². The Labute approximate surface area is 156 Å². The molecule has 2 fully saturated rings. The fourth-order valence-electron chi connectivity index (χ4n) is 4.12. The third-order valence-electron chi connectivity index (χ3n) is 5.79. The van der Waals surface area contributed by atoms with Crippen molar-refractivity contribution in [1.82, 2.24) is 5.32 Å². The molecule has 4 nitrogen and oxygen atoms in total. The van der Waals surface area contributed by atoms with E-state index in [4.69, 9.17) is 12.2 Å². The molecule has 1 saturated carbocycles. The number of nitrogens with zero attached hydrogens (tertiary/aromatic N) is 1. The van der Waals surface area contributed by atoms with E-state index in [1.54, 1.807) is 0 Å². The molecule has 1 heterocycles. The molecule has 3 rings (SSSR count). The standard InChI is InChI=1S/C20H29N3OS/c1-14(2)20(10-4-5-11-20)22-19(25)21-16-9-8-15(3)17(13-16)23-12-6-7-18(23)24/h8-9,13-14H,4-7,10-12H2,1-3H3,(H2,21,22,25). The van der Waals surface area contributed by atoms with Crippen molar-refractivity contribution >= 4 is 34.6 Å². The number of nitrogens with one attached hydrogen (secondary N) is 2. The molecular weight excluding hydrogens is 330 g/mol. The minimum absolute atomic E-state index is 0.114. The van der Waals surface area contributed by atoms with Crippen molar-refractivity contribution in [3.8, 4) is 0 Å². The highest BCUT2D eigenvalue weighted by Gasteiger charge is 2.37. The van der Waals surface area contributed by atoms with Gasteiger partial charge in [0, 0.05) is 29.9 Å². The highest BCUT2D eigenvalue weighted by Crippen LogP contribution is 2.36. The molecule has 1 saturated heterocycles. The van der Waals surface area contributed by atoms with Crippen molar-refractivity contribution in [2.75, 3.05) is 16.8 Å². The van der Waals surface area contributed by atoms with Crippen LogP contribution in [0.3, 0.4) is 0 Å². The van der Waals surface area contributed by atoms with Gasteiger partial charge in [0.25, 0.3) is 0 Å². The molecule has 25 heavy (non-hydrogen) atoms. The van der Waals surface area contributed by atoms with Crippen molar-refractivity contribution in [1.29, 1.82) is 0 Å². The highest BCUT2D eigenvalue weighted by molar-refractivity contribution is 7.80. The van der Waals surface area contributed by atoms with Crippen LogP contribution >= 0.6 is 12.2 Å². The maximum absolute atomic E-state index is 12.1. The van der Waals surface area contributed by atoms with Gasteiger partial charge in [-0.1, -0.05) is 32.8 Å². The molecule has 1 aromatic rings. The topological polar surface area (TPSA) is 44.4 Å². The van der Waals surface area contributed by atoms with Crippen molar-refractivity contribution in [2.24, 2.45) is 5.92 Å². The first kappa shape index (κ1) is 18.2. The Kier molecular flexibility index (Phi) is 5.32. The molecule has 2 aliphatic rings. The van der Waals surface area contributed by atoms with E-state index in [1.165, 1.54) is 25.7 Å². The lowest BCUT2D eigenvalue weighted by Crippen LogP contribution is -2.51. The first-order chi connectivity index (χ1) is 11.9. The lowest BCUT2D eigenvalue weighted by Gasteiger charge is -2.36. The van der Waals surface area contributed by atoms with Gasteiger partial charge in [0.1, 0.15) is 0 Å². The predicted octanol–water partition coefficient (Wildman–Crippen LogP) is 4.38. The zero-order valence-corrected chi connectivity index (χ0v) is 16.3. The largest absolute Gasteiger partial charge is 0.357 e. The second-order valence-corrected chi connectivity index (χ2v) is 8.16. The van der Waals surface area contributed by atoms with Crippen LogP contribution < -0.4 is 15.5 Å². The number of rotatable bonds is 4. The summed E-state index contributed by atoms with van der Waals surface area (Å²) in [6.45, 7) is 7.39.